The first kappa shape index (κ1) is 17.5. The molecule has 0 spiro atoms. The lowest BCUT2D eigenvalue weighted by atomic mass is 9.91. The molecule has 2 aromatic rings. The highest BCUT2D eigenvalue weighted by Crippen LogP contribution is 2.24. The maximum Gasteiger partial charge on any atom is 0.323 e. The van der Waals surface area contributed by atoms with E-state index in [9.17, 15) is 9.90 Å². The van der Waals surface area contributed by atoms with Gasteiger partial charge in [0.2, 0.25) is 0 Å². The first-order chi connectivity index (χ1) is 12.0. The van der Waals surface area contributed by atoms with Crippen molar-refractivity contribution in [1.82, 2.24) is 14.7 Å². The molecule has 6 heteroatoms. The molecule has 1 aliphatic heterocycles. The molecule has 134 valence electrons. The number of rotatable bonds is 3. The number of nitrogens with one attached hydrogen (secondary N) is 1. The monoisotopic (exact) mass is 342 g/mol. The molecule has 1 aliphatic rings. The van der Waals surface area contributed by atoms with Crippen molar-refractivity contribution in [2.45, 2.75) is 39.7 Å². The molecule has 1 aromatic carbocycles. The van der Waals surface area contributed by atoms with Crippen LogP contribution in [0.25, 0.3) is 5.69 Å². The number of aromatic nitrogens is 2. The first-order valence-electron chi connectivity index (χ1n) is 8.82. The summed E-state index contributed by atoms with van der Waals surface area (Å²) in [6.07, 6.45) is 2.00. The van der Waals surface area contributed by atoms with E-state index >= 15 is 0 Å². The molecule has 6 nitrogen and oxygen atoms in total. The summed E-state index contributed by atoms with van der Waals surface area (Å²) >= 11 is 0. The third-order valence-corrected chi connectivity index (χ3v) is 4.96. The van der Waals surface area contributed by atoms with Gasteiger partial charge in [-0.2, -0.15) is 0 Å². The third-order valence-electron chi connectivity index (χ3n) is 4.96. The van der Waals surface area contributed by atoms with Gasteiger partial charge < -0.3 is 10.0 Å². The summed E-state index contributed by atoms with van der Waals surface area (Å²) in [5.41, 5.74) is 3.10. The zero-order chi connectivity index (χ0) is 18.0. The Kier molecular flexibility index (Phi) is 5.08. The van der Waals surface area contributed by atoms with Gasteiger partial charge in [-0.1, -0.05) is 24.6 Å². The van der Waals surface area contributed by atoms with Crippen LogP contribution < -0.4 is 5.32 Å². The average molecular weight is 342 g/mol. The lowest BCUT2D eigenvalue weighted by Gasteiger charge is -2.38. The number of aliphatic hydroxyl groups is 1. The van der Waals surface area contributed by atoms with Gasteiger partial charge in [0.05, 0.1) is 18.3 Å². The van der Waals surface area contributed by atoms with Crippen molar-refractivity contribution in [3.05, 3.63) is 41.6 Å². The molecule has 25 heavy (non-hydrogen) atoms. The normalized spacial score (nSPS) is 20.6. The van der Waals surface area contributed by atoms with E-state index in [1.54, 1.807) is 4.90 Å². The number of likely N-dealkylation sites (tertiary alicyclic amines) is 1. The second-order valence-electron chi connectivity index (χ2n) is 6.91. The van der Waals surface area contributed by atoms with Crippen LogP contribution in [-0.2, 0) is 0 Å². The number of piperidine rings is 1. The van der Waals surface area contributed by atoms with Crippen molar-refractivity contribution in [2.75, 3.05) is 18.5 Å². The molecule has 0 radical (unpaired) electrons. The number of hydrogen-bond acceptors (Lipinski definition) is 3. The number of hydrogen-bond donors (Lipinski definition) is 2. The van der Waals surface area contributed by atoms with Crippen molar-refractivity contribution >= 4 is 11.8 Å². The molecule has 2 atom stereocenters. The number of aliphatic hydroxyl groups excluding tert-OH is 1. The van der Waals surface area contributed by atoms with E-state index in [1.807, 2.05) is 48.9 Å². The fraction of sp³-hybridized carbons (Fsp3) is 0.474. The van der Waals surface area contributed by atoms with Gasteiger partial charge >= 0.3 is 6.03 Å². The topological polar surface area (TPSA) is 70.4 Å². The summed E-state index contributed by atoms with van der Waals surface area (Å²) in [6, 6.07) is 9.63. The average Bonchev–Trinajstić information content (AvgIpc) is 2.95. The van der Waals surface area contributed by atoms with Crippen LogP contribution in [0.3, 0.4) is 0 Å². The molecular formula is C19H26N4O2. The number of carbonyl (C=O) groups excluding carboxylic acids is 1. The third kappa shape index (κ3) is 3.69. The smallest absolute Gasteiger partial charge is 0.323 e. The van der Waals surface area contributed by atoms with Crippen molar-refractivity contribution in [3.8, 4) is 5.69 Å². The Labute approximate surface area is 148 Å². The van der Waals surface area contributed by atoms with Crippen LogP contribution in [0.4, 0.5) is 10.6 Å². The van der Waals surface area contributed by atoms with E-state index in [1.165, 1.54) is 5.56 Å². The molecule has 1 fully saturated rings. The molecule has 1 aromatic heterocycles. The zero-order valence-electron chi connectivity index (χ0n) is 15.1. The van der Waals surface area contributed by atoms with Gasteiger partial charge in [-0.05, 0) is 44.7 Å². The Morgan fingerprint density at radius 3 is 2.72 bits per heavy atom. The van der Waals surface area contributed by atoms with E-state index < -0.39 is 0 Å². The van der Waals surface area contributed by atoms with Crippen molar-refractivity contribution in [3.63, 3.8) is 0 Å². The van der Waals surface area contributed by atoms with Gasteiger partial charge in [-0.25, -0.2) is 9.48 Å². The standard InChI is InChI=1S/C19H26N4O2/c1-13-6-8-16(9-7-13)23-15(3)11-18(21-23)20-19(25)22-10-4-5-14(2)17(22)12-24/h6-9,11,14,17,24H,4-5,10,12H2,1-3H3,(H,20,21,25). The van der Waals surface area contributed by atoms with Crippen LogP contribution in [0.1, 0.15) is 31.0 Å². The molecule has 2 unspecified atom stereocenters. The number of urea groups is 1. The zero-order valence-corrected chi connectivity index (χ0v) is 15.1. The Bertz CT molecular complexity index is 738. The minimum atomic E-state index is -0.195. The van der Waals surface area contributed by atoms with Gasteiger partial charge in [-0.3, -0.25) is 5.32 Å². The van der Waals surface area contributed by atoms with Gasteiger partial charge in [-0.15, -0.1) is 5.10 Å². The van der Waals surface area contributed by atoms with Crippen molar-refractivity contribution < 1.29 is 9.90 Å². The second-order valence-corrected chi connectivity index (χ2v) is 6.91. The largest absolute Gasteiger partial charge is 0.394 e. The van der Waals surface area contributed by atoms with E-state index in [0.29, 0.717) is 18.3 Å². The summed E-state index contributed by atoms with van der Waals surface area (Å²) < 4.78 is 1.82. The highest BCUT2D eigenvalue weighted by atomic mass is 16.3. The molecule has 2 N–H and O–H groups in total. The molecule has 1 saturated heterocycles. The number of aryl methyl sites for hydroxylation is 2. The summed E-state index contributed by atoms with van der Waals surface area (Å²) in [7, 11) is 0. The van der Waals surface area contributed by atoms with Crippen LogP contribution in [0.15, 0.2) is 30.3 Å². The Hall–Kier alpha value is -2.34. The maximum atomic E-state index is 12.6. The predicted octanol–water partition coefficient (Wildman–Crippen LogP) is 3.11. The minimum absolute atomic E-state index is 0.00851. The molecule has 0 saturated carbocycles. The molecule has 0 bridgehead atoms. The van der Waals surface area contributed by atoms with E-state index in [-0.39, 0.29) is 18.7 Å². The Morgan fingerprint density at radius 2 is 2.04 bits per heavy atom. The summed E-state index contributed by atoms with van der Waals surface area (Å²) in [4.78, 5) is 14.4. The number of carbonyl (C=O) groups is 1. The predicted molar refractivity (Wildman–Crippen MR) is 98.0 cm³/mol. The van der Waals surface area contributed by atoms with Gasteiger partial charge in [0.1, 0.15) is 0 Å². The van der Waals surface area contributed by atoms with Crippen molar-refractivity contribution in [1.29, 1.82) is 0 Å². The van der Waals surface area contributed by atoms with Crippen LogP contribution in [0, 0.1) is 19.8 Å². The minimum Gasteiger partial charge on any atom is -0.394 e. The SMILES string of the molecule is Cc1ccc(-n2nc(NC(=O)N3CCCC(C)C3CO)cc2C)cc1. The summed E-state index contributed by atoms with van der Waals surface area (Å²) in [6.45, 7) is 6.74. The number of anilines is 1. The van der Waals surface area contributed by atoms with Gasteiger partial charge in [0.15, 0.2) is 5.82 Å². The fourth-order valence-corrected chi connectivity index (χ4v) is 3.44. The quantitative estimate of drug-likeness (QED) is 0.900. The maximum absolute atomic E-state index is 12.6. The lowest BCUT2D eigenvalue weighted by molar-refractivity contribution is 0.0811. The highest BCUT2D eigenvalue weighted by molar-refractivity contribution is 5.88. The number of benzene rings is 1. The molecule has 2 amide bonds. The molecule has 2 heterocycles. The molecule has 3 rings (SSSR count). The number of nitrogens with zero attached hydrogens (tertiary/aromatic N) is 3. The van der Waals surface area contributed by atoms with E-state index in [0.717, 1.165) is 24.2 Å². The van der Waals surface area contributed by atoms with Crippen LogP contribution in [-0.4, -0.2) is 45.0 Å². The van der Waals surface area contributed by atoms with Gasteiger partial charge in [0.25, 0.3) is 0 Å². The molecule has 0 aliphatic carbocycles. The summed E-state index contributed by atoms with van der Waals surface area (Å²) in [5, 5.41) is 17.0. The van der Waals surface area contributed by atoms with E-state index in [4.69, 9.17) is 0 Å². The Morgan fingerprint density at radius 1 is 1.32 bits per heavy atom. The number of amides is 2. The summed E-state index contributed by atoms with van der Waals surface area (Å²) in [5.74, 6) is 0.828. The van der Waals surface area contributed by atoms with Crippen LogP contribution >= 0.6 is 0 Å². The Balaban J connectivity index is 1.76. The first-order valence-corrected chi connectivity index (χ1v) is 8.82. The second kappa shape index (κ2) is 7.27. The highest BCUT2D eigenvalue weighted by Gasteiger charge is 2.31. The van der Waals surface area contributed by atoms with Gasteiger partial charge in [0, 0.05) is 18.3 Å². The lowest BCUT2D eigenvalue weighted by Crippen LogP contribution is -2.51. The van der Waals surface area contributed by atoms with E-state index in [2.05, 4.69) is 17.3 Å². The van der Waals surface area contributed by atoms with Crippen LogP contribution in [0.2, 0.25) is 0 Å². The van der Waals surface area contributed by atoms with Crippen molar-refractivity contribution in [2.24, 2.45) is 5.92 Å². The fourth-order valence-electron chi connectivity index (χ4n) is 3.44. The van der Waals surface area contributed by atoms with Crippen LogP contribution in [0.5, 0.6) is 0 Å². The molecular weight excluding hydrogens is 316 g/mol.